The normalized spacial score (nSPS) is 17.7. The molecule has 0 bridgehead atoms. The third-order valence-electron chi connectivity index (χ3n) is 6.00. The molecule has 1 saturated heterocycles. The Morgan fingerprint density at radius 2 is 1.94 bits per heavy atom. The highest BCUT2D eigenvalue weighted by atomic mass is 16.5. The third kappa shape index (κ3) is 3.57. The molecule has 0 spiro atoms. The highest BCUT2D eigenvalue weighted by Crippen LogP contribution is 2.39. The Hall–Kier alpha value is -4.26. The second kappa shape index (κ2) is 8.35. The summed E-state index contributed by atoms with van der Waals surface area (Å²) < 4.78 is 10.9. The van der Waals surface area contributed by atoms with Gasteiger partial charge in [0.1, 0.15) is 23.3 Å². The zero-order valence-corrected chi connectivity index (χ0v) is 17.9. The first-order valence-electron chi connectivity index (χ1n) is 10.6. The number of hydrogen-bond donors (Lipinski definition) is 2. The molecule has 0 aliphatic carbocycles. The van der Waals surface area contributed by atoms with Crippen LogP contribution in [0.3, 0.4) is 0 Å². The number of carbonyl (C=O) groups is 2. The Morgan fingerprint density at radius 3 is 2.67 bits per heavy atom. The number of carbonyl (C=O) groups excluding carboxylic acids is 2. The standard InChI is InChI=1S/C26H22N2O5/c1-32-18-9-10-20-19(14-18)17(15-27-20)11-12-28-23(21-8-5-13-33-21)22(25(30)26(28)31)24(29)16-6-3-2-4-7-16/h2-10,13-15,23,27,29H,11-12H2,1H3/b24-22-. The van der Waals surface area contributed by atoms with Gasteiger partial charge in [0.25, 0.3) is 11.7 Å². The summed E-state index contributed by atoms with van der Waals surface area (Å²) >= 11 is 0. The van der Waals surface area contributed by atoms with Gasteiger partial charge in [-0.15, -0.1) is 0 Å². The molecule has 1 unspecified atom stereocenters. The van der Waals surface area contributed by atoms with Crippen LogP contribution in [0.5, 0.6) is 5.75 Å². The fraction of sp³-hybridized carbons (Fsp3) is 0.154. The Bertz CT molecular complexity index is 1350. The van der Waals surface area contributed by atoms with Gasteiger partial charge in [0.05, 0.1) is 18.9 Å². The molecular weight excluding hydrogens is 420 g/mol. The van der Waals surface area contributed by atoms with Crippen molar-refractivity contribution < 1.29 is 23.8 Å². The van der Waals surface area contributed by atoms with Crippen LogP contribution in [0.25, 0.3) is 16.7 Å². The summed E-state index contributed by atoms with van der Waals surface area (Å²) in [5.41, 5.74) is 2.45. The van der Waals surface area contributed by atoms with Gasteiger partial charge < -0.3 is 24.1 Å². The lowest BCUT2D eigenvalue weighted by molar-refractivity contribution is -0.140. The first-order chi connectivity index (χ1) is 16.1. The van der Waals surface area contributed by atoms with Crippen molar-refractivity contribution in [3.8, 4) is 5.75 Å². The lowest BCUT2D eigenvalue weighted by Crippen LogP contribution is -2.31. The van der Waals surface area contributed by atoms with Gasteiger partial charge in [0.15, 0.2) is 0 Å². The maximum Gasteiger partial charge on any atom is 0.295 e. The number of ether oxygens (including phenoxy) is 1. The lowest BCUT2D eigenvalue weighted by atomic mass is 9.99. The average Bonchev–Trinajstić information content (AvgIpc) is 3.57. The minimum atomic E-state index is -0.806. The number of fused-ring (bicyclic) bond motifs is 1. The van der Waals surface area contributed by atoms with E-state index in [-0.39, 0.29) is 17.9 Å². The number of H-pyrrole nitrogens is 1. The van der Waals surface area contributed by atoms with Gasteiger partial charge >= 0.3 is 0 Å². The van der Waals surface area contributed by atoms with Gasteiger partial charge in [0.2, 0.25) is 0 Å². The number of rotatable bonds is 6. The fourth-order valence-corrected chi connectivity index (χ4v) is 4.34. The highest BCUT2D eigenvalue weighted by molar-refractivity contribution is 6.46. The van der Waals surface area contributed by atoms with E-state index in [1.54, 1.807) is 43.5 Å². The SMILES string of the molecule is COc1ccc2[nH]cc(CCN3C(=O)C(=O)/C(=C(\O)c4ccccc4)C3c3ccco3)c2c1. The number of nitrogens with one attached hydrogen (secondary N) is 1. The van der Waals surface area contributed by atoms with E-state index in [9.17, 15) is 14.7 Å². The van der Waals surface area contributed by atoms with Crippen LogP contribution in [0, 0.1) is 0 Å². The van der Waals surface area contributed by atoms with Crippen LogP contribution < -0.4 is 4.74 Å². The number of furan rings is 1. The number of benzene rings is 2. The topological polar surface area (TPSA) is 95.8 Å². The predicted molar refractivity (Wildman–Crippen MR) is 123 cm³/mol. The van der Waals surface area contributed by atoms with Gasteiger partial charge in [-0.1, -0.05) is 30.3 Å². The zero-order valence-electron chi connectivity index (χ0n) is 17.9. The molecule has 7 heteroatoms. The summed E-state index contributed by atoms with van der Waals surface area (Å²) in [6.07, 6.45) is 3.89. The molecule has 1 fully saturated rings. The van der Waals surface area contributed by atoms with Crippen molar-refractivity contribution in [2.75, 3.05) is 13.7 Å². The van der Waals surface area contributed by atoms with Crippen LogP contribution in [0.15, 0.2) is 83.1 Å². The fourth-order valence-electron chi connectivity index (χ4n) is 4.34. The van der Waals surface area contributed by atoms with Crippen LogP contribution in [0.4, 0.5) is 0 Å². The molecule has 7 nitrogen and oxygen atoms in total. The number of aliphatic hydroxyl groups excluding tert-OH is 1. The maximum absolute atomic E-state index is 13.0. The van der Waals surface area contributed by atoms with Gasteiger partial charge in [-0.2, -0.15) is 0 Å². The van der Waals surface area contributed by atoms with E-state index in [0.717, 1.165) is 22.2 Å². The van der Waals surface area contributed by atoms with E-state index < -0.39 is 17.7 Å². The van der Waals surface area contributed by atoms with Crippen LogP contribution in [0.1, 0.15) is 22.9 Å². The monoisotopic (exact) mass is 442 g/mol. The number of hydrogen-bond acceptors (Lipinski definition) is 5. The average molecular weight is 442 g/mol. The van der Waals surface area contributed by atoms with Crippen LogP contribution in [-0.4, -0.2) is 40.3 Å². The van der Waals surface area contributed by atoms with Crippen molar-refractivity contribution >= 4 is 28.4 Å². The quantitative estimate of drug-likeness (QED) is 0.262. The number of likely N-dealkylation sites (tertiary alicyclic amines) is 1. The first kappa shape index (κ1) is 20.6. The molecule has 33 heavy (non-hydrogen) atoms. The van der Waals surface area contributed by atoms with Crippen molar-refractivity contribution in [3.05, 3.63) is 95.6 Å². The lowest BCUT2D eigenvalue weighted by Gasteiger charge is -2.23. The number of nitrogens with zero attached hydrogens (tertiary/aromatic N) is 1. The van der Waals surface area contributed by atoms with E-state index >= 15 is 0 Å². The minimum Gasteiger partial charge on any atom is -0.507 e. The summed E-state index contributed by atoms with van der Waals surface area (Å²) in [5.74, 6) is -0.436. The molecule has 5 rings (SSSR count). The van der Waals surface area contributed by atoms with E-state index in [4.69, 9.17) is 9.15 Å². The van der Waals surface area contributed by atoms with Crippen molar-refractivity contribution in [1.82, 2.24) is 9.88 Å². The first-order valence-corrected chi connectivity index (χ1v) is 10.6. The summed E-state index contributed by atoms with van der Waals surface area (Å²) in [4.78, 5) is 30.8. The Kier molecular flexibility index (Phi) is 5.22. The third-order valence-corrected chi connectivity index (χ3v) is 6.00. The number of aliphatic hydroxyl groups is 1. The molecule has 0 radical (unpaired) electrons. The predicted octanol–water partition coefficient (Wildman–Crippen LogP) is 4.43. The highest BCUT2D eigenvalue weighted by Gasteiger charge is 2.47. The molecule has 0 saturated carbocycles. The summed E-state index contributed by atoms with van der Waals surface area (Å²) in [6.45, 7) is 0.270. The molecule has 2 aromatic carbocycles. The molecule has 1 aliphatic heterocycles. The Labute approximate surface area is 189 Å². The number of Topliss-reactive ketones (excluding diaryl/α,β-unsaturated/α-hetero) is 1. The van der Waals surface area contributed by atoms with E-state index in [2.05, 4.69) is 4.98 Å². The van der Waals surface area contributed by atoms with E-state index in [1.165, 1.54) is 11.2 Å². The van der Waals surface area contributed by atoms with Crippen LogP contribution in [-0.2, 0) is 16.0 Å². The molecule has 2 aromatic heterocycles. The van der Waals surface area contributed by atoms with Gasteiger partial charge in [-0.25, -0.2) is 0 Å². The summed E-state index contributed by atoms with van der Waals surface area (Å²) in [7, 11) is 1.61. The second-order valence-electron chi connectivity index (χ2n) is 7.85. The van der Waals surface area contributed by atoms with Crippen molar-refractivity contribution in [3.63, 3.8) is 0 Å². The molecule has 3 heterocycles. The summed E-state index contributed by atoms with van der Waals surface area (Å²) in [5, 5.41) is 12.0. The number of amides is 1. The van der Waals surface area contributed by atoms with Crippen molar-refractivity contribution in [2.45, 2.75) is 12.5 Å². The molecule has 1 amide bonds. The Balaban J connectivity index is 1.52. The number of aromatic nitrogens is 1. The smallest absolute Gasteiger partial charge is 0.295 e. The largest absolute Gasteiger partial charge is 0.507 e. The maximum atomic E-state index is 13.0. The molecule has 1 atom stereocenters. The van der Waals surface area contributed by atoms with Gasteiger partial charge in [-0.05, 0) is 42.3 Å². The van der Waals surface area contributed by atoms with Crippen LogP contribution >= 0.6 is 0 Å². The number of aromatic amines is 1. The molecule has 2 N–H and O–H groups in total. The molecule has 4 aromatic rings. The molecular formula is C26H22N2O5. The van der Waals surface area contributed by atoms with Crippen molar-refractivity contribution in [1.29, 1.82) is 0 Å². The van der Waals surface area contributed by atoms with Crippen LogP contribution in [0.2, 0.25) is 0 Å². The van der Waals surface area contributed by atoms with Gasteiger partial charge in [0, 0.05) is 29.2 Å². The summed E-state index contributed by atoms with van der Waals surface area (Å²) in [6, 6.07) is 17.1. The minimum absolute atomic E-state index is 0.0294. The molecule has 1 aliphatic rings. The van der Waals surface area contributed by atoms with Gasteiger partial charge in [-0.3, -0.25) is 9.59 Å². The number of methoxy groups -OCH3 is 1. The Morgan fingerprint density at radius 1 is 1.12 bits per heavy atom. The molecule has 166 valence electrons. The van der Waals surface area contributed by atoms with E-state index in [0.29, 0.717) is 17.7 Å². The second-order valence-corrected chi connectivity index (χ2v) is 7.85. The number of ketones is 1. The zero-order chi connectivity index (χ0) is 22.9. The van der Waals surface area contributed by atoms with Crippen molar-refractivity contribution in [2.24, 2.45) is 0 Å². The van der Waals surface area contributed by atoms with E-state index in [1.807, 2.05) is 30.5 Å².